The molecular formula is C17H19Cl2NO3S. The molecular weight excluding hydrogens is 369 g/mol. The van der Waals surface area contributed by atoms with Gasteiger partial charge in [-0.2, -0.15) is 8.42 Å². The first-order valence-electron chi connectivity index (χ1n) is 7.54. The van der Waals surface area contributed by atoms with Crippen molar-refractivity contribution in [2.45, 2.75) is 25.3 Å². The predicted molar refractivity (Wildman–Crippen MR) is 98.3 cm³/mol. The molecule has 0 saturated carbocycles. The standard InChI is InChI=1S/C17H19Cl2NO3S/c1-3-20(4-2)11-12-6-5-7-13(8-12)14-9-15(18)17(16(19)10-14)24(21,22)23/h5-10H,3-4,11H2,1-2H3,(H,21,22,23). The van der Waals surface area contributed by atoms with E-state index in [9.17, 15) is 13.0 Å². The molecule has 0 unspecified atom stereocenters. The minimum atomic E-state index is -4.46. The van der Waals surface area contributed by atoms with Crippen molar-refractivity contribution in [2.24, 2.45) is 0 Å². The summed E-state index contributed by atoms with van der Waals surface area (Å²) in [5.41, 5.74) is 2.71. The van der Waals surface area contributed by atoms with E-state index in [0.29, 0.717) is 5.56 Å². The van der Waals surface area contributed by atoms with Gasteiger partial charge in [0.05, 0.1) is 10.0 Å². The minimum Gasteiger partial charge on any atom is -0.300 e. The van der Waals surface area contributed by atoms with Crippen LogP contribution in [0.5, 0.6) is 0 Å². The Morgan fingerprint density at radius 1 is 1.00 bits per heavy atom. The van der Waals surface area contributed by atoms with E-state index in [4.69, 9.17) is 23.2 Å². The summed E-state index contributed by atoms with van der Waals surface area (Å²) < 4.78 is 31.9. The molecule has 2 aromatic carbocycles. The summed E-state index contributed by atoms with van der Waals surface area (Å²) in [4.78, 5) is 1.83. The van der Waals surface area contributed by atoms with E-state index in [-0.39, 0.29) is 10.0 Å². The molecule has 0 bridgehead atoms. The van der Waals surface area contributed by atoms with Crippen molar-refractivity contribution < 1.29 is 13.0 Å². The lowest BCUT2D eigenvalue weighted by Gasteiger charge is -2.18. The molecule has 4 nitrogen and oxygen atoms in total. The molecule has 1 N–H and O–H groups in total. The van der Waals surface area contributed by atoms with Gasteiger partial charge in [0.1, 0.15) is 4.90 Å². The summed E-state index contributed by atoms with van der Waals surface area (Å²) >= 11 is 12.0. The van der Waals surface area contributed by atoms with Crippen molar-refractivity contribution in [3.8, 4) is 11.1 Å². The summed E-state index contributed by atoms with van der Waals surface area (Å²) in [7, 11) is -4.46. The molecule has 0 radical (unpaired) electrons. The fourth-order valence-electron chi connectivity index (χ4n) is 2.53. The number of halogens is 2. The van der Waals surface area contributed by atoms with Crippen LogP contribution in [0.15, 0.2) is 41.3 Å². The summed E-state index contributed by atoms with van der Waals surface area (Å²) in [6.45, 7) is 6.97. The van der Waals surface area contributed by atoms with E-state index in [0.717, 1.165) is 30.8 Å². The van der Waals surface area contributed by atoms with Crippen LogP contribution in [0.3, 0.4) is 0 Å². The van der Waals surface area contributed by atoms with Crippen molar-refractivity contribution in [3.05, 3.63) is 52.0 Å². The van der Waals surface area contributed by atoms with Crippen LogP contribution in [0, 0.1) is 0 Å². The number of hydrogen-bond acceptors (Lipinski definition) is 3. The average Bonchev–Trinajstić information content (AvgIpc) is 2.50. The molecule has 2 aromatic rings. The molecule has 7 heteroatoms. The van der Waals surface area contributed by atoms with Crippen molar-refractivity contribution in [3.63, 3.8) is 0 Å². The Morgan fingerprint density at radius 3 is 2.08 bits per heavy atom. The van der Waals surface area contributed by atoms with Gasteiger partial charge in [-0.1, -0.05) is 55.2 Å². The molecule has 0 aliphatic carbocycles. The summed E-state index contributed by atoms with van der Waals surface area (Å²) in [5, 5.41) is -0.205. The topological polar surface area (TPSA) is 57.6 Å². The van der Waals surface area contributed by atoms with Crippen molar-refractivity contribution in [2.75, 3.05) is 13.1 Å². The third-order valence-electron chi connectivity index (χ3n) is 3.82. The highest BCUT2D eigenvalue weighted by Crippen LogP contribution is 2.34. The normalized spacial score (nSPS) is 11.9. The largest absolute Gasteiger partial charge is 0.300 e. The molecule has 24 heavy (non-hydrogen) atoms. The van der Waals surface area contributed by atoms with Crippen LogP contribution in [0.1, 0.15) is 19.4 Å². The van der Waals surface area contributed by atoms with Crippen LogP contribution < -0.4 is 0 Å². The molecule has 0 aliphatic rings. The van der Waals surface area contributed by atoms with Gasteiger partial charge in [0.2, 0.25) is 0 Å². The number of nitrogens with zero attached hydrogens (tertiary/aromatic N) is 1. The zero-order valence-electron chi connectivity index (χ0n) is 13.5. The number of hydrogen-bond donors (Lipinski definition) is 1. The van der Waals surface area contributed by atoms with Crippen molar-refractivity contribution in [1.29, 1.82) is 0 Å². The molecule has 0 fully saturated rings. The fourth-order valence-corrected chi connectivity index (χ4v) is 4.21. The lowest BCUT2D eigenvalue weighted by atomic mass is 10.0. The molecule has 130 valence electrons. The second-order valence-electron chi connectivity index (χ2n) is 5.41. The Hall–Kier alpha value is -1.11. The van der Waals surface area contributed by atoms with E-state index in [1.807, 2.05) is 24.3 Å². The molecule has 2 rings (SSSR count). The van der Waals surface area contributed by atoms with Gasteiger partial charge in [0.25, 0.3) is 10.1 Å². The quantitative estimate of drug-likeness (QED) is 0.726. The Bertz CT molecular complexity index is 810. The molecule has 0 aromatic heterocycles. The van der Waals surface area contributed by atoms with Gasteiger partial charge in [-0.05, 0) is 48.0 Å². The van der Waals surface area contributed by atoms with Crippen LogP contribution in [0.2, 0.25) is 10.0 Å². The van der Waals surface area contributed by atoms with Crippen molar-refractivity contribution in [1.82, 2.24) is 4.90 Å². The first-order valence-corrected chi connectivity index (χ1v) is 9.74. The molecule has 0 amide bonds. The molecule has 0 atom stereocenters. The molecule has 0 aliphatic heterocycles. The van der Waals surface area contributed by atoms with Gasteiger partial charge < -0.3 is 0 Å². The maximum absolute atomic E-state index is 11.3. The van der Waals surface area contributed by atoms with Crippen molar-refractivity contribution >= 4 is 33.3 Å². The van der Waals surface area contributed by atoms with Gasteiger partial charge >= 0.3 is 0 Å². The monoisotopic (exact) mass is 387 g/mol. The van der Waals surface area contributed by atoms with E-state index in [1.165, 1.54) is 12.1 Å². The van der Waals surface area contributed by atoms with Gasteiger partial charge in [0.15, 0.2) is 0 Å². The van der Waals surface area contributed by atoms with Crippen LogP contribution in [-0.2, 0) is 16.7 Å². The maximum atomic E-state index is 11.3. The molecule has 0 saturated heterocycles. The van der Waals surface area contributed by atoms with Crippen LogP contribution >= 0.6 is 23.2 Å². The first kappa shape index (κ1) is 19.2. The summed E-state index contributed by atoms with van der Waals surface area (Å²) in [5.74, 6) is 0. The second-order valence-corrected chi connectivity index (χ2v) is 7.58. The Labute approximate surface area is 152 Å². The van der Waals surface area contributed by atoms with Crippen LogP contribution in [0.4, 0.5) is 0 Å². The smallest absolute Gasteiger partial charge is 0.297 e. The molecule has 0 heterocycles. The van der Waals surface area contributed by atoms with E-state index in [1.54, 1.807) is 0 Å². The van der Waals surface area contributed by atoms with Gasteiger partial charge in [-0.3, -0.25) is 9.45 Å². The van der Waals surface area contributed by atoms with Crippen LogP contribution in [-0.4, -0.2) is 31.0 Å². The van der Waals surface area contributed by atoms with Gasteiger partial charge in [0, 0.05) is 6.54 Å². The SMILES string of the molecule is CCN(CC)Cc1cccc(-c2cc(Cl)c(S(=O)(=O)O)c(Cl)c2)c1. The van der Waals surface area contributed by atoms with Gasteiger partial charge in [-0.15, -0.1) is 0 Å². The van der Waals surface area contributed by atoms with E-state index >= 15 is 0 Å². The summed E-state index contributed by atoms with van der Waals surface area (Å²) in [6, 6.07) is 10.9. The third kappa shape index (κ3) is 4.49. The van der Waals surface area contributed by atoms with Gasteiger partial charge in [-0.25, -0.2) is 0 Å². The lowest BCUT2D eigenvalue weighted by molar-refractivity contribution is 0.296. The zero-order chi connectivity index (χ0) is 17.9. The average molecular weight is 388 g/mol. The highest BCUT2D eigenvalue weighted by atomic mass is 35.5. The highest BCUT2D eigenvalue weighted by molar-refractivity contribution is 7.86. The van der Waals surface area contributed by atoms with Crippen LogP contribution in [0.25, 0.3) is 11.1 Å². The van der Waals surface area contributed by atoms with E-state index in [2.05, 4.69) is 18.7 Å². The Balaban J connectivity index is 2.43. The first-order chi connectivity index (χ1) is 11.3. The zero-order valence-corrected chi connectivity index (χ0v) is 15.8. The van der Waals surface area contributed by atoms with E-state index < -0.39 is 15.0 Å². The minimum absolute atomic E-state index is 0.103. The highest BCUT2D eigenvalue weighted by Gasteiger charge is 2.20. The summed E-state index contributed by atoms with van der Waals surface area (Å²) in [6.07, 6.45) is 0. The predicted octanol–water partition coefficient (Wildman–Crippen LogP) is 4.75. The number of benzene rings is 2. The molecule has 0 spiro atoms. The third-order valence-corrected chi connectivity index (χ3v) is 5.59. The second kappa shape index (κ2) is 7.85. The lowest BCUT2D eigenvalue weighted by Crippen LogP contribution is -2.22. The Morgan fingerprint density at radius 2 is 1.58 bits per heavy atom. The Kier molecular flexibility index (Phi) is 6.28. The number of rotatable bonds is 6. The fraction of sp³-hybridized carbons (Fsp3) is 0.294. The maximum Gasteiger partial charge on any atom is 0.297 e.